The summed E-state index contributed by atoms with van der Waals surface area (Å²) in [5.74, 6) is -0.438. The zero-order chi connectivity index (χ0) is 19.6. The highest BCUT2D eigenvalue weighted by Crippen LogP contribution is 2.13. The first-order valence-corrected chi connectivity index (χ1v) is 9.13. The Balaban J connectivity index is 1.80. The summed E-state index contributed by atoms with van der Waals surface area (Å²) >= 11 is 5.81. The van der Waals surface area contributed by atoms with Crippen LogP contribution in [0.4, 0.5) is 0 Å². The molecule has 0 aromatic heterocycles. The van der Waals surface area contributed by atoms with Gasteiger partial charge in [0.05, 0.1) is 12.3 Å². The summed E-state index contributed by atoms with van der Waals surface area (Å²) in [6.07, 6.45) is 1.96. The molecule has 5 nitrogen and oxygen atoms in total. The van der Waals surface area contributed by atoms with Crippen molar-refractivity contribution < 1.29 is 14.3 Å². The van der Waals surface area contributed by atoms with Crippen LogP contribution in [0.1, 0.15) is 41.3 Å². The molecule has 0 aliphatic heterocycles. The molecule has 0 saturated heterocycles. The smallest absolute Gasteiger partial charge is 0.305 e. The van der Waals surface area contributed by atoms with Crippen molar-refractivity contribution in [2.24, 2.45) is 0 Å². The quantitative estimate of drug-likeness (QED) is 0.502. The Hall–Kier alpha value is -2.79. The van der Waals surface area contributed by atoms with Gasteiger partial charge in [-0.15, -0.1) is 0 Å². The molecule has 0 spiro atoms. The number of aryl methyl sites for hydroxylation is 1. The largest absolute Gasteiger partial charge is 0.466 e. The zero-order valence-corrected chi connectivity index (χ0v) is 16.0. The normalized spacial score (nSPS) is 10.1. The Morgan fingerprint density at radius 1 is 1.00 bits per heavy atom. The number of benzene rings is 2. The highest BCUT2D eigenvalue weighted by Gasteiger charge is 2.06. The lowest BCUT2D eigenvalue weighted by Gasteiger charge is -2.12. The Bertz CT molecular complexity index is 786. The summed E-state index contributed by atoms with van der Waals surface area (Å²) in [6, 6.07) is 14.4. The lowest BCUT2D eigenvalue weighted by molar-refractivity contribution is -0.143. The second kappa shape index (κ2) is 10.4. The van der Waals surface area contributed by atoms with E-state index in [1.807, 2.05) is 24.3 Å². The van der Waals surface area contributed by atoms with E-state index in [1.54, 1.807) is 31.2 Å². The Labute approximate surface area is 164 Å². The van der Waals surface area contributed by atoms with Gasteiger partial charge in [0.15, 0.2) is 0 Å². The number of carbonyl (C=O) groups is 2. The number of hydrogen-bond acceptors (Lipinski definition) is 4. The van der Waals surface area contributed by atoms with Gasteiger partial charge in [0.25, 0.3) is 5.91 Å². The first kappa shape index (κ1) is 20.5. The minimum Gasteiger partial charge on any atom is -0.466 e. The molecule has 2 aromatic rings. The molecule has 0 unspecified atom stereocenters. The number of hydrogen-bond donors (Lipinski definition) is 2. The number of halogens is 1. The van der Waals surface area contributed by atoms with E-state index >= 15 is 0 Å². The second-order valence-corrected chi connectivity index (χ2v) is 6.36. The molecular weight excluding hydrogens is 364 g/mol. The van der Waals surface area contributed by atoms with E-state index in [0.29, 0.717) is 29.3 Å². The Kier molecular flexibility index (Phi) is 7.89. The van der Waals surface area contributed by atoms with Gasteiger partial charge in [0.2, 0.25) is 0 Å². The average Bonchev–Trinajstić information content (AvgIpc) is 2.67. The second-order valence-electron chi connectivity index (χ2n) is 5.92. The van der Waals surface area contributed by atoms with E-state index < -0.39 is 0 Å². The van der Waals surface area contributed by atoms with Crippen LogP contribution in [-0.2, 0) is 16.0 Å². The Morgan fingerprint density at radius 3 is 2.26 bits per heavy atom. The minimum atomic E-state index is -0.275. The van der Waals surface area contributed by atoms with Crippen molar-refractivity contribution in [1.82, 2.24) is 10.9 Å². The van der Waals surface area contributed by atoms with Crippen LogP contribution in [0.15, 0.2) is 55.1 Å². The molecule has 0 fully saturated rings. The van der Waals surface area contributed by atoms with E-state index in [4.69, 9.17) is 16.3 Å². The van der Waals surface area contributed by atoms with E-state index in [-0.39, 0.29) is 11.9 Å². The number of amides is 1. The third-order valence-electron chi connectivity index (χ3n) is 3.89. The fourth-order valence-corrected chi connectivity index (χ4v) is 2.55. The van der Waals surface area contributed by atoms with Crippen LogP contribution in [0.5, 0.6) is 0 Å². The number of esters is 1. The molecule has 0 aliphatic carbocycles. The van der Waals surface area contributed by atoms with Gasteiger partial charge >= 0.3 is 5.97 Å². The molecular formula is C21H23ClN2O3. The molecule has 27 heavy (non-hydrogen) atoms. The highest BCUT2D eigenvalue weighted by atomic mass is 35.5. The Morgan fingerprint density at radius 2 is 1.63 bits per heavy atom. The summed E-state index contributed by atoms with van der Waals surface area (Å²) in [5, 5.41) is 0.575. The predicted octanol–water partition coefficient (Wildman–Crippen LogP) is 4.13. The van der Waals surface area contributed by atoms with Crippen LogP contribution in [0.2, 0.25) is 5.02 Å². The monoisotopic (exact) mass is 386 g/mol. The maximum Gasteiger partial charge on any atom is 0.305 e. The van der Waals surface area contributed by atoms with Crippen molar-refractivity contribution in [1.29, 1.82) is 0 Å². The van der Waals surface area contributed by atoms with E-state index in [0.717, 1.165) is 24.0 Å². The number of carbonyl (C=O) groups excluding carboxylic acids is 2. The summed E-state index contributed by atoms with van der Waals surface area (Å²) in [6.45, 7) is 6.15. The maximum atomic E-state index is 12.1. The summed E-state index contributed by atoms with van der Waals surface area (Å²) in [7, 11) is 0. The number of nitrogens with one attached hydrogen (secondary N) is 2. The molecule has 2 N–H and O–H groups in total. The number of ether oxygens (including phenoxy) is 1. The topological polar surface area (TPSA) is 67.4 Å². The average molecular weight is 387 g/mol. The van der Waals surface area contributed by atoms with Crippen LogP contribution >= 0.6 is 11.6 Å². The molecule has 2 rings (SSSR count). The molecule has 0 bridgehead atoms. The van der Waals surface area contributed by atoms with Crippen LogP contribution in [0.3, 0.4) is 0 Å². The van der Waals surface area contributed by atoms with Gasteiger partial charge in [-0.25, -0.2) is 0 Å². The van der Waals surface area contributed by atoms with Crippen LogP contribution in [0.25, 0.3) is 5.70 Å². The van der Waals surface area contributed by atoms with E-state index in [9.17, 15) is 9.59 Å². The third kappa shape index (κ3) is 6.79. The van der Waals surface area contributed by atoms with Gasteiger partial charge in [-0.3, -0.25) is 20.4 Å². The summed E-state index contributed by atoms with van der Waals surface area (Å²) in [4.78, 5) is 23.4. The molecule has 1 amide bonds. The van der Waals surface area contributed by atoms with Gasteiger partial charge in [0, 0.05) is 17.0 Å². The fourth-order valence-electron chi connectivity index (χ4n) is 2.42. The molecule has 6 heteroatoms. The molecule has 0 radical (unpaired) electrons. The van der Waals surface area contributed by atoms with Crippen molar-refractivity contribution in [3.8, 4) is 0 Å². The summed E-state index contributed by atoms with van der Waals surface area (Å²) < 4.78 is 4.91. The fraction of sp³-hybridized carbons (Fsp3) is 0.238. The van der Waals surface area contributed by atoms with Crippen LogP contribution < -0.4 is 10.9 Å². The van der Waals surface area contributed by atoms with Gasteiger partial charge in [-0.05, 0) is 55.2 Å². The maximum absolute atomic E-state index is 12.1. The lowest BCUT2D eigenvalue weighted by Crippen LogP contribution is -2.35. The highest BCUT2D eigenvalue weighted by molar-refractivity contribution is 6.30. The summed E-state index contributed by atoms with van der Waals surface area (Å²) in [5.41, 5.74) is 8.49. The van der Waals surface area contributed by atoms with Crippen LogP contribution in [-0.4, -0.2) is 18.5 Å². The van der Waals surface area contributed by atoms with Gasteiger partial charge < -0.3 is 4.74 Å². The van der Waals surface area contributed by atoms with Crippen LogP contribution in [0, 0.1) is 0 Å². The van der Waals surface area contributed by atoms with Crippen molar-refractivity contribution in [2.45, 2.75) is 26.2 Å². The molecule has 0 saturated carbocycles. The number of rotatable bonds is 9. The van der Waals surface area contributed by atoms with E-state index in [2.05, 4.69) is 17.4 Å². The predicted molar refractivity (Wildman–Crippen MR) is 107 cm³/mol. The van der Waals surface area contributed by atoms with Gasteiger partial charge in [-0.1, -0.05) is 42.4 Å². The molecule has 2 aromatic carbocycles. The van der Waals surface area contributed by atoms with Gasteiger partial charge in [0.1, 0.15) is 0 Å². The number of hydrazine groups is 1. The molecule has 0 aliphatic rings. The molecule has 0 atom stereocenters. The zero-order valence-electron chi connectivity index (χ0n) is 15.3. The molecule has 142 valence electrons. The standard InChI is InChI=1S/C21H23ClN2O3/c1-3-27-20(25)6-4-5-16-7-9-17(10-8-16)15(2)23-24-21(26)18-11-13-19(22)14-12-18/h7-14,23H,2-6H2,1H3,(H,24,26). The van der Waals surface area contributed by atoms with Crippen molar-refractivity contribution in [2.75, 3.05) is 6.61 Å². The first-order valence-electron chi connectivity index (χ1n) is 8.75. The van der Waals surface area contributed by atoms with Gasteiger partial charge in [-0.2, -0.15) is 0 Å². The van der Waals surface area contributed by atoms with Crippen molar-refractivity contribution >= 4 is 29.2 Å². The molecule has 0 heterocycles. The first-order chi connectivity index (χ1) is 13.0. The van der Waals surface area contributed by atoms with Crippen molar-refractivity contribution in [3.63, 3.8) is 0 Å². The lowest BCUT2D eigenvalue weighted by atomic mass is 10.1. The van der Waals surface area contributed by atoms with Crippen molar-refractivity contribution in [3.05, 3.63) is 76.8 Å². The SMILES string of the molecule is C=C(NNC(=O)c1ccc(Cl)cc1)c1ccc(CCCC(=O)OCC)cc1. The minimum absolute atomic E-state index is 0.164. The third-order valence-corrected chi connectivity index (χ3v) is 4.14. The van der Waals surface area contributed by atoms with E-state index in [1.165, 1.54) is 0 Å².